The molecule has 0 aromatic carbocycles. The minimum atomic E-state index is -0.260. The van der Waals surface area contributed by atoms with E-state index >= 15 is 0 Å². The Labute approximate surface area is 91.4 Å². The van der Waals surface area contributed by atoms with E-state index in [1.54, 1.807) is 17.4 Å². The third-order valence-corrected chi connectivity index (χ3v) is 2.79. The highest BCUT2D eigenvalue weighted by Gasteiger charge is 2.14. The van der Waals surface area contributed by atoms with Gasteiger partial charge in [-0.3, -0.25) is 0 Å². The number of aromatic nitrogens is 2. The summed E-state index contributed by atoms with van der Waals surface area (Å²) in [4.78, 5) is 5.21. The van der Waals surface area contributed by atoms with Gasteiger partial charge in [-0.15, -0.1) is 17.9 Å². The maximum Gasteiger partial charge on any atom is 0.244 e. The maximum atomic E-state index is 5.81. The Balaban J connectivity index is 2.20. The molecule has 0 spiro atoms. The Morgan fingerprint density at radius 3 is 3.20 bits per heavy atom. The lowest BCUT2D eigenvalue weighted by atomic mass is 10.2. The summed E-state index contributed by atoms with van der Waals surface area (Å²) in [5, 5.41) is 5.84. The van der Waals surface area contributed by atoms with Crippen molar-refractivity contribution in [3.63, 3.8) is 0 Å². The van der Waals surface area contributed by atoms with Crippen LogP contribution in [0.4, 0.5) is 0 Å². The molecule has 4 nitrogen and oxygen atoms in total. The summed E-state index contributed by atoms with van der Waals surface area (Å²) in [6.07, 6.45) is 2.37. The number of nitrogens with two attached hydrogens (primary N) is 1. The molecule has 5 heteroatoms. The Morgan fingerprint density at radius 2 is 2.53 bits per heavy atom. The van der Waals surface area contributed by atoms with Gasteiger partial charge in [0, 0.05) is 0 Å². The van der Waals surface area contributed by atoms with Crippen LogP contribution < -0.4 is 5.73 Å². The number of hydrogen-bond acceptors (Lipinski definition) is 5. The minimum absolute atomic E-state index is 0.260. The SMILES string of the molecule is C=CCC(N)c1nc(-c2cccs2)no1. The van der Waals surface area contributed by atoms with Gasteiger partial charge < -0.3 is 10.3 Å². The second-order valence-electron chi connectivity index (χ2n) is 3.06. The molecule has 2 aromatic heterocycles. The number of thiophene rings is 1. The predicted octanol–water partition coefficient (Wildman–Crippen LogP) is 2.37. The van der Waals surface area contributed by atoms with Crippen LogP contribution in [0.1, 0.15) is 18.4 Å². The first-order valence-corrected chi connectivity index (χ1v) is 5.43. The van der Waals surface area contributed by atoms with E-state index in [-0.39, 0.29) is 6.04 Å². The zero-order chi connectivity index (χ0) is 10.7. The zero-order valence-corrected chi connectivity index (χ0v) is 8.91. The lowest BCUT2D eigenvalue weighted by molar-refractivity contribution is 0.356. The average molecular weight is 221 g/mol. The van der Waals surface area contributed by atoms with Crippen LogP contribution >= 0.6 is 11.3 Å². The van der Waals surface area contributed by atoms with E-state index in [1.165, 1.54) is 0 Å². The smallest absolute Gasteiger partial charge is 0.244 e. The van der Waals surface area contributed by atoms with Gasteiger partial charge in [0.25, 0.3) is 0 Å². The molecule has 0 saturated carbocycles. The van der Waals surface area contributed by atoms with Crippen molar-refractivity contribution in [1.82, 2.24) is 10.1 Å². The average Bonchev–Trinajstić information content (AvgIpc) is 2.89. The first-order chi connectivity index (χ1) is 7.31. The van der Waals surface area contributed by atoms with Gasteiger partial charge in [0.1, 0.15) is 0 Å². The van der Waals surface area contributed by atoms with Crippen LogP contribution in [-0.2, 0) is 0 Å². The van der Waals surface area contributed by atoms with Gasteiger partial charge in [0.2, 0.25) is 11.7 Å². The molecule has 1 atom stereocenters. The third-order valence-electron chi connectivity index (χ3n) is 1.92. The van der Waals surface area contributed by atoms with Crippen molar-refractivity contribution in [3.05, 3.63) is 36.1 Å². The molecular weight excluding hydrogens is 210 g/mol. The molecule has 0 bridgehead atoms. The molecule has 0 aliphatic rings. The lowest BCUT2D eigenvalue weighted by Gasteiger charge is -1.99. The molecule has 2 heterocycles. The fraction of sp³-hybridized carbons (Fsp3) is 0.200. The molecule has 0 aliphatic heterocycles. The van der Waals surface area contributed by atoms with Crippen molar-refractivity contribution < 1.29 is 4.52 Å². The van der Waals surface area contributed by atoms with E-state index in [4.69, 9.17) is 10.3 Å². The summed E-state index contributed by atoms with van der Waals surface area (Å²) < 4.78 is 5.08. The fourth-order valence-electron chi connectivity index (χ4n) is 1.17. The highest BCUT2D eigenvalue weighted by atomic mass is 32.1. The molecule has 2 rings (SSSR count). The molecule has 0 saturated heterocycles. The van der Waals surface area contributed by atoms with Gasteiger partial charge in [-0.05, 0) is 17.9 Å². The summed E-state index contributed by atoms with van der Waals surface area (Å²) in [6.45, 7) is 3.62. The van der Waals surface area contributed by atoms with Crippen molar-refractivity contribution in [2.75, 3.05) is 0 Å². The van der Waals surface area contributed by atoms with Crippen LogP contribution in [0.15, 0.2) is 34.7 Å². The van der Waals surface area contributed by atoms with Gasteiger partial charge in [-0.1, -0.05) is 17.3 Å². The Bertz CT molecular complexity index is 435. The van der Waals surface area contributed by atoms with E-state index < -0.39 is 0 Å². The predicted molar refractivity (Wildman–Crippen MR) is 59.4 cm³/mol. The summed E-state index contributed by atoms with van der Waals surface area (Å²) in [5.41, 5.74) is 5.81. The normalized spacial score (nSPS) is 12.6. The summed E-state index contributed by atoms with van der Waals surface area (Å²) >= 11 is 1.57. The summed E-state index contributed by atoms with van der Waals surface area (Å²) in [6, 6.07) is 3.63. The van der Waals surface area contributed by atoms with Crippen molar-refractivity contribution in [2.24, 2.45) is 5.73 Å². The number of nitrogens with zero attached hydrogens (tertiary/aromatic N) is 2. The molecule has 78 valence electrons. The molecular formula is C10H11N3OS. The van der Waals surface area contributed by atoms with E-state index in [0.29, 0.717) is 18.1 Å². The quantitative estimate of drug-likeness (QED) is 0.805. The van der Waals surface area contributed by atoms with E-state index in [2.05, 4.69) is 16.7 Å². The maximum absolute atomic E-state index is 5.81. The van der Waals surface area contributed by atoms with Gasteiger partial charge in [0.15, 0.2) is 0 Å². The zero-order valence-electron chi connectivity index (χ0n) is 8.09. The van der Waals surface area contributed by atoms with E-state index in [9.17, 15) is 0 Å². The van der Waals surface area contributed by atoms with E-state index in [1.807, 2.05) is 17.5 Å². The van der Waals surface area contributed by atoms with Crippen LogP contribution in [0.25, 0.3) is 10.7 Å². The summed E-state index contributed by atoms with van der Waals surface area (Å²) in [5.74, 6) is 1.05. The van der Waals surface area contributed by atoms with Crippen LogP contribution in [0.2, 0.25) is 0 Å². The molecule has 0 radical (unpaired) electrons. The molecule has 2 aromatic rings. The second kappa shape index (κ2) is 4.37. The molecule has 2 N–H and O–H groups in total. The standard InChI is InChI=1S/C10H11N3OS/c1-2-4-7(11)10-12-9(13-14-10)8-5-3-6-15-8/h2-3,5-7H,1,4,11H2. The molecule has 0 amide bonds. The highest BCUT2D eigenvalue weighted by Crippen LogP contribution is 2.23. The summed E-state index contributed by atoms with van der Waals surface area (Å²) in [7, 11) is 0. The Kier molecular flexibility index (Phi) is 2.94. The van der Waals surface area contributed by atoms with Gasteiger partial charge in [-0.25, -0.2) is 0 Å². The Morgan fingerprint density at radius 1 is 1.67 bits per heavy atom. The van der Waals surface area contributed by atoms with E-state index in [0.717, 1.165) is 4.88 Å². The molecule has 0 aliphatic carbocycles. The number of rotatable bonds is 4. The van der Waals surface area contributed by atoms with Crippen LogP contribution in [0, 0.1) is 0 Å². The first-order valence-electron chi connectivity index (χ1n) is 4.55. The van der Waals surface area contributed by atoms with Crippen LogP contribution in [0.3, 0.4) is 0 Å². The van der Waals surface area contributed by atoms with Crippen LogP contribution in [0.5, 0.6) is 0 Å². The van der Waals surface area contributed by atoms with Gasteiger partial charge >= 0.3 is 0 Å². The van der Waals surface area contributed by atoms with Gasteiger partial charge in [-0.2, -0.15) is 4.98 Å². The second-order valence-corrected chi connectivity index (χ2v) is 4.01. The molecule has 15 heavy (non-hydrogen) atoms. The number of hydrogen-bond donors (Lipinski definition) is 1. The van der Waals surface area contributed by atoms with Crippen molar-refractivity contribution >= 4 is 11.3 Å². The molecule has 0 fully saturated rings. The van der Waals surface area contributed by atoms with Crippen molar-refractivity contribution in [1.29, 1.82) is 0 Å². The first kappa shape index (κ1) is 10.1. The fourth-order valence-corrected chi connectivity index (χ4v) is 1.82. The topological polar surface area (TPSA) is 64.9 Å². The van der Waals surface area contributed by atoms with Crippen molar-refractivity contribution in [3.8, 4) is 10.7 Å². The van der Waals surface area contributed by atoms with Crippen molar-refractivity contribution in [2.45, 2.75) is 12.5 Å². The largest absolute Gasteiger partial charge is 0.337 e. The monoisotopic (exact) mass is 221 g/mol. The molecule has 1 unspecified atom stereocenters. The van der Waals surface area contributed by atoms with Crippen LogP contribution in [-0.4, -0.2) is 10.1 Å². The third kappa shape index (κ3) is 2.14. The van der Waals surface area contributed by atoms with Gasteiger partial charge in [0.05, 0.1) is 10.9 Å². The lowest BCUT2D eigenvalue weighted by Crippen LogP contribution is -2.09. The highest BCUT2D eigenvalue weighted by molar-refractivity contribution is 7.13. The minimum Gasteiger partial charge on any atom is -0.337 e. The Hall–Kier alpha value is -1.46.